The number of guanidine groups is 1. The van der Waals surface area contributed by atoms with Gasteiger partial charge in [-0.15, -0.1) is 10.2 Å². The molecule has 0 spiro atoms. The second-order valence-corrected chi connectivity index (χ2v) is 9.23. The third-order valence-corrected chi connectivity index (χ3v) is 6.77. The molecule has 2 aliphatic rings. The second kappa shape index (κ2) is 10.3. The Balaban J connectivity index is 1.46. The highest BCUT2D eigenvalue weighted by Crippen LogP contribution is 2.24. The van der Waals surface area contributed by atoms with Gasteiger partial charge in [0, 0.05) is 37.9 Å². The van der Waals surface area contributed by atoms with Crippen molar-refractivity contribution in [1.82, 2.24) is 25.4 Å². The summed E-state index contributed by atoms with van der Waals surface area (Å²) in [6.45, 7) is 6.29. The molecule has 8 heteroatoms. The van der Waals surface area contributed by atoms with Crippen molar-refractivity contribution >= 4 is 11.6 Å². The third kappa shape index (κ3) is 5.58. The van der Waals surface area contributed by atoms with Crippen molar-refractivity contribution in [2.45, 2.75) is 77.4 Å². The lowest BCUT2D eigenvalue weighted by Crippen LogP contribution is -2.53. The van der Waals surface area contributed by atoms with Gasteiger partial charge in [0.15, 0.2) is 11.8 Å². The number of aromatic nitrogens is 3. The van der Waals surface area contributed by atoms with Crippen LogP contribution in [0.4, 0.5) is 10.1 Å². The van der Waals surface area contributed by atoms with Gasteiger partial charge in [0.05, 0.1) is 0 Å². The molecule has 1 saturated heterocycles. The van der Waals surface area contributed by atoms with E-state index < -0.39 is 0 Å². The maximum Gasteiger partial charge on any atom is 0.192 e. The molecular formula is C24H36FN7. The lowest BCUT2D eigenvalue weighted by molar-refractivity contribution is 0.402. The molecule has 2 heterocycles. The van der Waals surface area contributed by atoms with E-state index in [-0.39, 0.29) is 11.9 Å². The lowest BCUT2D eigenvalue weighted by Gasteiger charge is -2.37. The van der Waals surface area contributed by atoms with Crippen LogP contribution in [0.2, 0.25) is 0 Å². The Bertz CT molecular complexity index is 932. The van der Waals surface area contributed by atoms with Crippen LogP contribution in [0.1, 0.15) is 62.2 Å². The van der Waals surface area contributed by atoms with Gasteiger partial charge in [-0.2, -0.15) is 0 Å². The van der Waals surface area contributed by atoms with E-state index in [1.165, 1.54) is 32.1 Å². The Morgan fingerprint density at radius 1 is 1.06 bits per heavy atom. The molecule has 1 saturated carbocycles. The number of aliphatic imine (C=N–C) groups is 1. The van der Waals surface area contributed by atoms with Gasteiger partial charge in [0.2, 0.25) is 0 Å². The number of anilines is 1. The lowest BCUT2D eigenvalue weighted by atomic mass is 9.95. The van der Waals surface area contributed by atoms with Crippen LogP contribution >= 0.6 is 0 Å². The van der Waals surface area contributed by atoms with Gasteiger partial charge >= 0.3 is 0 Å². The molecule has 7 nitrogen and oxygen atoms in total. The van der Waals surface area contributed by atoms with Crippen molar-refractivity contribution in [1.29, 1.82) is 0 Å². The summed E-state index contributed by atoms with van der Waals surface area (Å²) in [4.78, 5) is 7.25. The molecule has 2 aromatic rings. The third-order valence-electron chi connectivity index (χ3n) is 6.77. The first-order chi connectivity index (χ1) is 15.5. The molecular weight excluding hydrogens is 405 g/mol. The fraction of sp³-hybridized carbons (Fsp3) is 0.625. The standard InChI is InChI=1S/C24H36FN7/c1-17-14-19(25)11-12-22(17)32-13-7-10-21(16-32)28-24(27-20-8-5-4-6-9-20)26-15-23-30-29-18(2)31(23)3/h11-12,14,20-21H,4-10,13,15-16H2,1-3H3,(H2,26,27,28). The molecule has 1 aliphatic carbocycles. The number of aryl methyl sites for hydroxylation is 2. The molecule has 2 fully saturated rings. The highest BCUT2D eigenvalue weighted by atomic mass is 19.1. The molecule has 0 radical (unpaired) electrons. The predicted octanol–water partition coefficient (Wildman–Crippen LogP) is 3.61. The summed E-state index contributed by atoms with van der Waals surface area (Å²) >= 11 is 0. The van der Waals surface area contributed by atoms with Crippen LogP contribution in [-0.4, -0.2) is 45.9 Å². The number of piperidine rings is 1. The van der Waals surface area contributed by atoms with Gasteiger partial charge in [0.1, 0.15) is 18.2 Å². The summed E-state index contributed by atoms with van der Waals surface area (Å²) in [6, 6.07) is 5.82. The van der Waals surface area contributed by atoms with E-state index in [9.17, 15) is 4.39 Å². The van der Waals surface area contributed by atoms with Crippen molar-refractivity contribution < 1.29 is 4.39 Å². The highest BCUT2D eigenvalue weighted by molar-refractivity contribution is 5.80. The Labute approximate surface area is 190 Å². The van der Waals surface area contributed by atoms with Gasteiger partial charge in [-0.1, -0.05) is 19.3 Å². The Hall–Kier alpha value is -2.64. The van der Waals surface area contributed by atoms with Crippen LogP contribution in [0.15, 0.2) is 23.2 Å². The van der Waals surface area contributed by atoms with Crippen molar-refractivity contribution in [3.8, 4) is 0 Å². The average Bonchev–Trinajstić information content (AvgIpc) is 3.10. The van der Waals surface area contributed by atoms with Gasteiger partial charge in [-0.3, -0.25) is 0 Å². The summed E-state index contributed by atoms with van der Waals surface area (Å²) in [6.07, 6.45) is 8.43. The molecule has 1 atom stereocenters. The fourth-order valence-corrected chi connectivity index (χ4v) is 4.79. The first-order valence-corrected chi connectivity index (χ1v) is 11.9. The van der Waals surface area contributed by atoms with Crippen molar-refractivity contribution in [2.75, 3.05) is 18.0 Å². The molecule has 0 bridgehead atoms. The van der Waals surface area contributed by atoms with Gasteiger partial charge in [-0.25, -0.2) is 9.38 Å². The van der Waals surface area contributed by atoms with Crippen molar-refractivity contribution in [2.24, 2.45) is 12.0 Å². The number of halogens is 1. The van der Waals surface area contributed by atoms with Crippen LogP contribution in [0.5, 0.6) is 0 Å². The van der Waals surface area contributed by atoms with E-state index in [1.54, 1.807) is 12.1 Å². The van der Waals surface area contributed by atoms with Crippen LogP contribution in [0, 0.1) is 19.7 Å². The summed E-state index contributed by atoms with van der Waals surface area (Å²) in [5.74, 6) is 2.44. The molecule has 1 aromatic carbocycles. The van der Waals surface area contributed by atoms with Crippen molar-refractivity contribution in [3.05, 3.63) is 41.2 Å². The van der Waals surface area contributed by atoms with E-state index >= 15 is 0 Å². The minimum absolute atomic E-state index is 0.178. The van der Waals surface area contributed by atoms with E-state index in [2.05, 4.69) is 25.7 Å². The zero-order valence-corrected chi connectivity index (χ0v) is 19.6. The number of rotatable bonds is 5. The molecule has 32 heavy (non-hydrogen) atoms. The number of hydrogen-bond acceptors (Lipinski definition) is 4. The molecule has 1 aromatic heterocycles. The van der Waals surface area contributed by atoms with Gasteiger partial charge < -0.3 is 20.1 Å². The zero-order chi connectivity index (χ0) is 22.5. The quantitative estimate of drug-likeness (QED) is 0.548. The van der Waals surface area contributed by atoms with Crippen LogP contribution in [0.25, 0.3) is 0 Å². The summed E-state index contributed by atoms with van der Waals surface area (Å²) in [5.41, 5.74) is 2.10. The smallest absolute Gasteiger partial charge is 0.192 e. The second-order valence-electron chi connectivity index (χ2n) is 9.23. The monoisotopic (exact) mass is 441 g/mol. The molecule has 174 valence electrons. The Kier molecular flexibility index (Phi) is 7.27. The van der Waals surface area contributed by atoms with Gasteiger partial charge in [-0.05, 0) is 63.3 Å². The maximum absolute atomic E-state index is 13.6. The van der Waals surface area contributed by atoms with Crippen LogP contribution < -0.4 is 15.5 Å². The normalized spacial score (nSPS) is 20.4. The number of benzene rings is 1. The first-order valence-electron chi connectivity index (χ1n) is 11.9. The summed E-state index contributed by atoms with van der Waals surface area (Å²) in [5, 5.41) is 15.8. The topological polar surface area (TPSA) is 70.4 Å². The molecule has 2 N–H and O–H groups in total. The number of nitrogens with one attached hydrogen (secondary N) is 2. The van der Waals surface area contributed by atoms with Gasteiger partial charge in [0.25, 0.3) is 0 Å². The SMILES string of the molecule is Cc1cc(F)ccc1N1CCCC(NC(=NCc2nnc(C)n2C)NC2CCCCC2)C1. The molecule has 1 unspecified atom stereocenters. The largest absolute Gasteiger partial charge is 0.369 e. The number of hydrogen-bond donors (Lipinski definition) is 2. The Morgan fingerprint density at radius 2 is 1.81 bits per heavy atom. The minimum atomic E-state index is -0.178. The van der Waals surface area contributed by atoms with Crippen LogP contribution in [-0.2, 0) is 13.6 Å². The number of nitrogens with zero attached hydrogens (tertiary/aromatic N) is 5. The molecule has 1 aliphatic heterocycles. The molecule has 0 amide bonds. The summed E-state index contributed by atoms with van der Waals surface area (Å²) in [7, 11) is 1.98. The predicted molar refractivity (Wildman–Crippen MR) is 126 cm³/mol. The first kappa shape index (κ1) is 22.6. The van der Waals surface area contributed by atoms with E-state index in [1.807, 2.05) is 31.5 Å². The highest BCUT2D eigenvalue weighted by Gasteiger charge is 2.23. The zero-order valence-electron chi connectivity index (χ0n) is 19.6. The van der Waals surface area contributed by atoms with E-state index in [0.29, 0.717) is 12.6 Å². The molecule has 4 rings (SSSR count). The van der Waals surface area contributed by atoms with Crippen molar-refractivity contribution in [3.63, 3.8) is 0 Å². The van der Waals surface area contributed by atoms with Crippen LogP contribution in [0.3, 0.4) is 0 Å². The Morgan fingerprint density at radius 3 is 2.53 bits per heavy atom. The van der Waals surface area contributed by atoms with E-state index in [0.717, 1.165) is 54.8 Å². The summed E-state index contributed by atoms with van der Waals surface area (Å²) < 4.78 is 15.6. The maximum atomic E-state index is 13.6. The fourth-order valence-electron chi connectivity index (χ4n) is 4.79. The average molecular weight is 442 g/mol. The minimum Gasteiger partial charge on any atom is -0.369 e. The van der Waals surface area contributed by atoms with E-state index in [4.69, 9.17) is 4.99 Å².